The number of aryl methyl sites for hydroxylation is 1. The molecule has 0 bridgehead atoms. The minimum Gasteiger partial charge on any atom is -0.469 e. The number of benzene rings is 1. The molecule has 28 heavy (non-hydrogen) atoms. The van der Waals surface area contributed by atoms with Crippen LogP contribution in [0.4, 0.5) is 5.69 Å². The Balaban J connectivity index is 1.36. The first-order chi connectivity index (χ1) is 13.7. The number of hydrogen-bond acceptors (Lipinski definition) is 4. The first-order valence-electron chi connectivity index (χ1n) is 9.52. The Morgan fingerprint density at radius 1 is 1.14 bits per heavy atom. The van der Waals surface area contributed by atoms with E-state index in [1.165, 1.54) is 6.26 Å². The summed E-state index contributed by atoms with van der Waals surface area (Å²) in [6, 6.07) is 11.3. The van der Waals surface area contributed by atoms with E-state index in [2.05, 4.69) is 5.32 Å². The second-order valence-electron chi connectivity index (χ2n) is 7.28. The predicted octanol–water partition coefficient (Wildman–Crippen LogP) is 3.77. The van der Waals surface area contributed by atoms with Crippen LogP contribution in [0, 0.1) is 0 Å². The largest absolute Gasteiger partial charge is 0.469 e. The zero-order chi connectivity index (χ0) is 19.1. The van der Waals surface area contributed by atoms with E-state index in [0.29, 0.717) is 18.5 Å². The van der Waals surface area contributed by atoms with Crippen LogP contribution in [0.2, 0.25) is 0 Å². The minimum atomic E-state index is -0.265. The van der Waals surface area contributed by atoms with E-state index >= 15 is 0 Å². The van der Waals surface area contributed by atoms with E-state index in [-0.39, 0.29) is 23.6 Å². The van der Waals surface area contributed by atoms with Gasteiger partial charge in [-0.05, 0) is 36.6 Å². The molecule has 0 radical (unpaired) electrons. The van der Waals surface area contributed by atoms with Crippen LogP contribution in [0.3, 0.4) is 0 Å². The highest BCUT2D eigenvalue weighted by molar-refractivity contribution is 6.01. The molecule has 0 unspecified atom stereocenters. The number of hydrogen-bond donors (Lipinski definition) is 1. The predicted molar refractivity (Wildman–Crippen MR) is 102 cm³/mol. The molecule has 6 nitrogen and oxygen atoms in total. The molecule has 5 rings (SSSR count). The van der Waals surface area contributed by atoms with Crippen molar-refractivity contribution in [1.82, 2.24) is 5.32 Å². The lowest BCUT2D eigenvalue weighted by molar-refractivity contribution is -0.117. The van der Waals surface area contributed by atoms with Crippen molar-refractivity contribution in [2.45, 2.75) is 38.3 Å². The highest BCUT2D eigenvalue weighted by Gasteiger charge is 2.30. The number of furan rings is 2. The third-order valence-electron chi connectivity index (χ3n) is 5.56. The van der Waals surface area contributed by atoms with Gasteiger partial charge in [-0.3, -0.25) is 9.59 Å². The van der Waals surface area contributed by atoms with E-state index < -0.39 is 0 Å². The first-order valence-corrected chi connectivity index (χ1v) is 9.52. The van der Waals surface area contributed by atoms with Crippen LogP contribution in [-0.4, -0.2) is 11.8 Å². The van der Waals surface area contributed by atoms with E-state index in [1.54, 1.807) is 17.2 Å². The van der Waals surface area contributed by atoms with Crippen molar-refractivity contribution in [3.8, 4) is 0 Å². The number of anilines is 1. The molecular weight excluding hydrogens is 356 g/mol. The fourth-order valence-electron chi connectivity index (χ4n) is 4.18. The van der Waals surface area contributed by atoms with Crippen molar-refractivity contribution in [1.29, 1.82) is 0 Å². The van der Waals surface area contributed by atoms with E-state index in [9.17, 15) is 9.59 Å². The average Bonchev–Trinajstić information content (AvgIpc) is 3.42. The minimum absolute atomic E-state index is 0.0316. The summed E-state index contributed by atoms with van der Waals surface area (Å²) in [5.41, 5.74) is 3.65. The van der Waals surface area contributed by atoms with Gasteiger partial charge in [0.25, 0.3) is 5.91 Å². The van der Waals surface area contributed by atoms with Gasteiger partial charge in [0.1, 0.15) is 5.76 Å². The Morgan fingerprint density at radius 2 is 2.00 bits per heavy atom. The molecule has 2 amide bonds. The van der Waals surface area contributed by atoms with Gasteiger partial charge >= 0.3 is 0 Å². The maximum absolute atomic E-state index is 12.9. The number of fused-ring (bicyclic) bond motifs is 2. The molecule has 2 aliphatic rings. The monoisotopic (exact) mass is 376 g/mol. The molecule has 1 atom stereocenters. The van der Waals surface area contributed by atoms with Crippen molar-refractivity contribution < 1.29 is 18.4 Å². The normalized spacial score (nSPS) is 18.1. The summed E-state index contributed by atoms with van der Waals surface area (Å²) in [5.74, 6) is 0.964. The Kier molecular flexibility index (Phi) is 4.04. The fraction of sp³-hybridized carbons (Fsp3) is 0.273. The molecule has 0 saturated carbocycles. The third-order valence-corrected chi connectivity index (χ3v) is 5.56. The lowest BCUT2D eigenvalue weighted by atomic mass is 9.93. The smallest absolute Gasteiger partial charge is 0.287 e. The molecule has 0 spiro atoms. The van der Waals surface area contributed by atoms with Gasteiger partial charge in [0.2, 0.25) is 5.91 Å². The standard InChI is InChI=1S/C22H20N2O4/c25-20-12-14-4-1-2-6-18(14)24(20)13-15-8-10-28-21(15)22(26)23-17-5-3-7-19-16(17)9-11-27-19/h1-2,4,6,8-11,17H,3,5,7,12-13H2,(H,23,26)/t17-/m0/s1. The number of para-hydroxylation sites is 1. The van der Waals surface area contributed by atoms with Crippen molar-refractivity contribution in [2.75, 3.05) is 4.90 Å². The van der Waals surface area contributed by atoms with Gasteiger partial charge in [-0.1, -0.05) is 18.2 Å². The summed E-state index contributed by atoms with van der Waals surface area (Å²) < 4.78 is 11.0. The highest BCUT2D eigenvalue weighted by atomic mass is 16.3. The summed E-state index contributed by atoms with van der Waals surface area (Å²) in [5, 5.41) is 3.06. The number of amides is 2. The topological polar surface area (TPSA) is 75.7 Å². The number of carbonyl (C=O) groups excluding carboxylic acids is 2. The van der Waals surface area contributed by atoms with E-state index in [0.717, 1.165) is 41.8 Å². The third kappa shape index (κ3) is 2.81. The Hall–Kier alpha value is -3.28. The van der Waals surface area contributed by atoms with Crippen LogP contribution in [0.15, 0.2) is 57.8 Å². The molecule has 1 aromatic carbocycles. The second kappa shape index (κ2) is 6.71. The molecule has 1 N–H and O–H groups in total. The van der Waals surface area contributed by atoms with Gasteiger partial charge in [0.15, 0.2) is 5.76 Å². The molecule has 2 aromatic heterocycles. The number of rotatable bonds is 4. The average molecular weight is 376 g/mol. The van der Waals surface area contributed by atoms with Crippen LogP contribution < -0.4 is 10.2 Å². The van der Waals surface area contributed by atoms with Crippen LogP contribution >= 0.6 is 0 Å². The molecule has 0 fully saturated rings. The summed E-state index contributed by atoms with van der Waals surface area (Å²) >= 11 is 0. The van der Waals surface area contributed by atoms with Gasteiger partial charge in [-0.25, -0.2) is 0 Å². The van der Waals surface area contributed by atoms with E-state index in [1.807, 2.05) is 30.3 Å². The van der Waals surface area contributed by atoms with E-state index in [4.69, 9.17) is 8.83 Å². The van der Waals surface area contributed by atoms with Gasteiger partial charge < -0.3 is 19.1 Å². The fourth-order valence-corrected chi connectivity index (χ4v) is 4.18. The number of nitrogens with zero attached hydrogens (tertiary/aromatic N) is 1. The Morgan fingerprint density at radius 3 is 2.93 bits per heavy atom. The second-order valence-corrected chi connectivity index (χ2v) is 7.28. The van der Waals surface area contributed by atoms with Crippen molar-refractivity contribution >= 4 is 17.5 Å². The quantitative estimate of drug-likeness (QED) is 0.752. The van der Waals surface area contributed by atoms with Crippen LogP contribution in [0.25, 0.3) is 0 Å². The molecule has 1 aliphatic heterocycles. The lowest BCUT2D eigenvalue weighted by Gasteiger charge is -2.22. The molecular formula is C22H20N2O4. The van der Waals surface area contributed by atoms with Crippen molar-refractivity contribution in [3.63, 3.8) is 0 Å². The van der Waals surface area contributed by atoms with Crippen molar-refractivity contribution in [3.05, 3.63) is 77.1 Å². The van der Waals surface area contributed by atoms with Crippen LogP contribution in [-0.2, 0) is 24.2 Å². The molecule has 142 valence electrons. The molecule has 6 heteroatoms. The maximum Gasteiger partial charge on any atom is 0.287 e. The zero-order valence-corrected chi connectivity index (χ0v) is 15.3. The van der Waals surface area contributed by atoms with Crippen LogP contribution in [0.1, 0.15) is 51.9 Å². The summed E-state index contributed by atoms with van der Waals surface area (Å²) in [6.07, 6.45) is 6.30. The lowest BCUT2D eigenvalue weighted by Crippen LogP contribution is -2.32. The Bertz CT molecular complexity index is 1050. The summed E-state index contributed by atoms with van der Waals surface area (Å²) in [6.45, 7) is 0.316. The van der Waals surface area contributed by atoms with Crippen LogP contribution in [0.5, 0.6) is 0 Å². The van der Waals surface area contributed by atoms with Gasteiger partial charge in [-0.15, -0.1) is 0 Å². The highest BCUT2D eigenvalue weighted by Crippen LogP contribution is 2.32. The maximum atomic E-state index is 12.9. The first kappa shape index (κ1) is 16.9. The molecule has 0 saturated heterocycles. The molecule has 1 aliphatic carbocycles. The summed E-state index contributed by atoms with van der Waals surface area (Å²) in [7, 11) is 0. The van der Waals surface area contributed by atoms with Gasteiger partial charge in [0, 0.05) is 23.2 Å². The molecule has 3 heterocycles. The summed E-state index contributed by atoms with van der Waals surface area (Å²) in [4.78, 5) is 27.1. The zero-order valence-electron chi connectivity index (χ0n) is 15.3. The van der Waals surface area contributed by atoms with Crippen molar-refractivity contribution in [2.24, 2.45) is 0 Å². The van der Waals surface area contributed by atoms with Gasteiger partial charge in [-0.2, -0.15) is 0 Å². The number of carbonyl (C=O) groups is 2. The molecule has 3 aromatic rings. The van der Waals surface area contributed by atoms with Gasteiger partial charge in [0.05, 0.1) is 31.5 Å². The Labute approximate surface area is 162 Å². The SMILES string of the molecule is O=C(N[C@H]1CCCc2occc21)c1occc1CN1C(=O)Cc2ccccc21. The number of nitrogens with one attached hydrogen (secondary N) is 1.